The molecule has 1 aliphatic heterocycles. The minimum atomic E-state index is -0.0171. The van der Waals surface area contributed by atoms with Gasteiger partial charge in [0.25, 0.3) is 5.91 Å². The molecule has 26 heavy (non-hydrogen) atoms. The normalized spacial score (nSPS) is 14.1. The molecule has 132 valence electrons. The van der Waals surface area contributed by atoms with Crippen molar-refractivity contribution in [3.05, 3.63) is 77.1 Å². The predicted molar refractivity (Wildman–Crippen MR) is 97.2 cm³/mol. The molecule has 2 aromatic carbocycles. The standard InChI is InChI=1S/C19H17ClN4O2/c20-15-6-4-5-14(9-15)19(25)23-11-17(12-23)24-10-16(21-22-24)13-26-18-7-2-1-3-8-18/h1-10,17H,11-13H2. The van der Waals surface area contributed by atoms with Crippen LogP contribution in [0.25, 0.3) is 0 Å². The Hall–Kier alpha value is -2.86. The molecule has 0 N–H and O–H groups in total. The molecule has 1 fully saturated rings. The second-order valence-corrected chi connectivity index (χ2v) is 6.60. The molecule has 0 atom stereocenters. The summed E-state index contributed by atoms with van der Waals surface area (Å²) in [5, 5.41) is 8.86. The summed E-state index contributed by atoms with van der Waals surface area (Å²) in [7, 11) is 0. The van der Waals surface area contributed by atoms with Crippen molar-refractivity contribution in [1.82, 2.24) is 19.9 Å². The number of amides is 1. The molecule has 2 heterocycles. The van der Waals surface area contributed by atoms with Crippen LogP contribution in [0, 0.1) is 0 Å². The third-order valence-electron chi connectivity index (χ3n) is 4.28. The Bertz CT molecular complexity index is 907. The number of halogens is 1. The molecule has 3 aromatic rings. The van der Waals surface area contributed by atoms with Crippen LogP contribution < -0.4 is 4.74 Å². The van der Waals surface area contributed by atoms with E-state index in [1.54, 1.807) is 33.8 Å². The summed E-state index contributed by atoms with van der Waals surface area (Å²) in [6.07, 6.45) is 1.87. The van der Waals surface area contributed by atoms with Crippen molar-refractivity contribution in [2.45, 2.75) is 12.6 Å². The van der Waals surface area contributed by atoms with E-state index in [0.717, 1.165) is 11.4 Å². The van der Waals surface area contributed by atoms with E-state index in [-0.39, 0.29) is 11.9 Å². The quantitative estimate of drug-likeness (QED) is 0.693. The molecule has 0 spiro atoms. The van der Waals surface area contributed by atoms with Gasteiger partial charge in [-0.15, -0.1) is 5.10 Å². The molecule has 7 heteroatoms. The number of hydrogen-bond donors (Lipinski definition) is 0. The Labute approximate surface area is 155 Å². The number of carbonyl (C=O) groups excluding carboxylic acids is 1. The first-order chi connectivity index (χ1) is 12.7. The summed E-state index contributed by atoms with van der Waals surface area (Å²) in [6, 6.07) is 16.7. The number of aromatic nitrogens is 3. The minimum absolute atomic E-state index is 0.0171. The lowest BCUT2D eigenvalue weighted by Gasteiger charge is -2.38. The Morgan fingerprint density at radius 3 is 2.73 bits per heavy atom. The van der Waals surface area contributed by atoms with Gasteiger partial charge in [0.1, 0.15) is 18.1 Å². The van der Waals surface area contributed by atoms with Crippen LogP contribution >= 0.6 is 11.6 Å². The largest absolute Gasteiger partial charge is 0.487 e. The van der Waals surface area contributed by atoms with Gasteiger partial charge in [-0.3, -0.25) is 4.79 Å². The van der Waals surface area contributed by atoms with E-state index in [1.807, 2.05) is 36.5 Å². The number of rotatable bonds is 5. The van der Waals surface area contributed by atoms with Crippen LogP contribution in [-0.2, 0) is 6.61 Å². The summed E-state index contributed by atoms with van der Waals surface area (Å²) in [5.41, 5.74) is 1.36. The number of para-hydroxylation sites is 1. The maximum absolute atomic E-state index is 12.4. The fraction of sp³-hybridized carbons (Fsp3) is 0.211. The Morgan fingerprint density at radius 1 is 1.15 bits per heavy atom. The van der Waals surface area contributed by atoms with Gasteiger partial charge in [-0.2, -0.15) is 0 Å². The summed E-state index contributed by atoms with van der Waals surface area (Å²) < 4.78 is 7.47. The van der Waals surface area contributed by atoms with Gasteiger partial charge in [0.2, 0.25) is 0 Å². The molecule has 0 aliphatic carbocycles. The Kier molecular flexibility index (Phi) is 4.58. The maximum Gasteiger partial charge on any atom is 0.254 e. The average molecular weight is 369 g/mol. The van der Waals surface area contributed by atoms with Crippen molar-refractivity contribution in [2.24, 2.45) is 0 Å². The molecule has 1 aliphatic rings. The first-order valence-corrected chi connectivity index (χ1v) is 8.70. The molecule has 1 aromatic heterocycles. The summed E-state index contributed by atoms with van der Waals surface area (Å²) >= 11 is 5.95. The SMILES string of the molecule is O=C(c1cccc(Cl)c1)N1CC(n2cc(COc3ccccc3)nn2)C1. The molecule has 0 unspecified atom stereocenters. The van der Waals surface area contributed by atoms with E-state index in [1.165, 1.54) is 0 Å². The molecule has 0 radical (unpaired) electrons. The van der Waals surface area contributed by atoms with Crippen LogP contribution in [-0.4, -0.2) is 38.9 Å². The topological polar surface area (TPSA) is 60.2 Å². The van der Waals surface area contributed by atoms with E-state index < -0.39 is 0 Å². The Balaban J connectivity index is 1.32. The third kappa shape index (κ3) is 3.55. The number of hydrogen-bond acceptors (Lipinski definition) is 4. The fourth-order valence-electron chi connectivity index (χ4n) is 2.82. The number of carbonyl (C=O) groups is 1. The summed E-state index contributed by atoms with van der Waals surface area (Å²) in [4.78, 5) is 14.2. The molecule has 4 rings (SSSR count). The monoisotopic (exact) mass is 368 g/mol. The van der Waals surface area contributed by atoms with Gasteiger partial charge in [0.15, 0.2) is 0 Å². The van der Waals surface area contributed by atoms with Crippen LogP contribution in [0.3, 0.4) is 0 Å². The van der Waals surface area contributed by atoms with E-state index in [9.17, 15) is 4.79 Å². The predicted octanol–water partition coefficient (Wildman–Crippen LogP) is 3.21. The molecular weight excluding hydrogens is 352 g/mol. The molecule has 1 saturated heterocycles. The number of likely N-dealkylation sites (tertiary alicyclic amines) is 1. The second kappa shape index (κ2) is 7.17. The van der Waals surface area contributed by atoms with Crippen molar-refractivity contribution >= 4 is 17.5 Å². The molecule has 0 bridgehead atoms. The molecule has 0 saturated carbocycles. The molecular formula is C19H17ClN4O2. The van der Waals surface area contributed by atoms with Gasteiger partial charge in [-0.25, -0.2) is 4.68 Å². The minimum Gasteiger partial charge on any atom is -0.487 e. The van der Waals surface area contributed by atoms with Crippen LogP contribution in [0.1, 0.15) is 22.1 Å². The number of nitrogens with zero attached hydrogens (tertiary/aromatic N) is 4. The third-order valence-corrected chi connectivity index (χ3v) is 4.52. The highest BCUT2D eigenvalue weighted by Gasteiger charge is 2.33. The van der Waals surface area contributed by atoms with E-state index in [4.69, 9.17) is 16.3 Å². The lowest BCUT2D eigenvalue weighted by atomic mass is 10.1. The molecule has 1 amide bonds. The van der Waals surface area contributed by atoms with Gasteiger partial charge >= 0.3 is 0 Å². The zero-order valence-electron chi connectivity index (χ0n) is 14.0. The number of ether oxygens (including phenoxy) is 1. The first-order valence-electron chi connectivity index (χ1n) is 8.32. The average Bonchev–Trinajstić information content (AvgIpc) is 3.08. The van der Waals surface area contributed by atoms with Crippen LogP contribution in [0.4, 0.5) is 0 Å². The highest BCUT2D eigenvalue weighted by molar-refractivity contribution is 6.30. The zero-order valence-corrected chi connectivity index (χ0v) is 14.7. The second-order valence-electron chi connectivity index (χ2n) is 6.17. The smallest absolute Gasteiger partial charge is 0.254 e. The van der Waals surface area contributed by atoms with Crippen molar-refractivity contribution in [2.75, 3.05) is 13.1 Å². The van der Waals surface area contributed by atoms with Gasteiger partial charge in [0, 0.05) is 23.7 Å². The van der Waals surface area contributed by atoms with E-state index >= 15 is 0 Å². The van der Waals surface area contributed by atoms with E-state index in [0.29, 0.717) is 30.3 Å². The van der Waals surface area contributed by atoms with Gasteiger partial charge in [-0.1, -0.05) is 41.1 Å². The highest BCUT2D eigenvalue weighted by Crippen LogP contribution is 2.23. The van der Waals surface area contributed by atoms with E-state index in [2.05, 4.69) is 10.3 Å². The lowest BCUT2D eigenvalue weighted by molar-refractivity contribution is 0.0498. The van der Waals surface area contributed by atoms with Gasteiger partial charge < -0.3 is 9.64 Å². The number of benzene rings is 2. The van der Waals surface area contributed by atoms with Crippen molar-refractivity contribution in [3.63, 3.8) is 0 Å². The lowest BCUT2D eigenvalue weighted by Crippen LogP contribution is -2.50. The van der Waals surface area contributed by atoms with Crippen molar-refractivity contribution in [3.8, 4) is 5.75 Å². The van der Waals surface area contributed by atoms with Crippen LogP contribution in [0.5, 0.6) is 5.75 Å². The highest BCUT2D eigenvalue weighted by atomic mass is 35.5. The van der Waals surface area contributed by atoms with Crippen molar-refractivity contribution < 1.29 is 9.53 Å². The summed E-state index contributed by atoms with van der Waals surface area (Å²) in [5.74, 6) is 0.778. The van der Waals surface area contributed by atoms with Gasteiger partial charge in [0.05, 0.1) is 12.2 Å². The van der Waals surface area contributed by atoms with Gasteiger partial charge in [-0.05, 0) is 30.3 Å². The van der Waals surface area contributed by atoms with Crippen LogP contribution in [0.2, 0.25) is 5.02 Å². The fourth-order valence-corrected chi connectivity index (χ4v) is 3.01. The van der Waals surface area contributed by atoms with Crippen molar-refractivity contribution in [1.29, 1.82) is 0 Å². The van der Waals surface area contributed by atoms with Crippen LogP contribution in [0.15, 0.2) is 60.8 Å². The first kappa shape index (κ1) is 16.6. The zero-order chi connectivity index (χ0) is 17.9. The maximum atomic E-state index is 12.4. The molecule has 6 nitrogen and oxygen atoms in total. The summed E-state index contributed by atoms with van der Waals surface area (Å²) in [6.45, 7) is 1.57. The Morgan fingerprint density at radius 2 is 1.96 bits per heavy atom.